The number of halogens is 6. The summed E-state index contributed by atoms with van der Waals surface area (Å²) in [6.45, 7) is -0.00787. The lowest BCUT2D eigenvalue weighted by Gasteiger charge is -2.06. The summed E-state index contributed by atoms with van der Waals surface area (Å²) in [4.78, 5) is 12.3. The topological polar surface area (TPSA) is 64.7 Å². The Morgan fingerprint density at radius 2 is 2.00 bits per heavy atom. The summed E-state index contributed by atoms with van der Waals surface area (Å²) in [5.41, 5.74) is -1.44. The van der Waals surface area contributed by atoms with Gasteiger partial charge in [-0.15, -0.1) is 0 Å². The summed E-state index contributed by atoms with van der Waals surface area (Å²) in [6.07, 6.45) is -2.17. The van der Waals surface area contributed by atoms with E-state index in [9.17, 15) is 22.4 Å². The normalized spacial score (nSPS) is 11.7. The monoisotopic (exact) mass is 435 g/mol. The van der Waals surface area contributed by atoms with E-state index in [1.54, 1.807) is 0 Å². The molecular weight excluding hydrogens is 425 g/mol. The van der Waals surface area contributed by atoms with Gasteiger partial charge in [0.05, 0.1) is 18.4 Å². The SMILES string of the molecule is Cn1nc(C(F)(F)F)c(Cl)c1C(=O)Nc1cnn(Cc2c(F)cccc2Cl)c1. The van der Waals surface area contributed by atoms with Gasteiger partial charge in [-0.25, -0.2) is 4.39 Å². The van der Waals surface area contributed by atoms with Crippen molar-refractivity contribution in [1.29, 1.82) is 0 Å². The van der Waals surface area contributed by atoms with Crippen LogP contribution in [0.2, 0.25) is 10.0 Å². The van der Waals surface area contributed by atoms with E-state index in [1.165, 1.54) is 42.3 Å². The van der Waals surface area contributed by atoms with Crippen LogP contribution >= 0.6 is 23.2 Å². The molecule has 0 bridgehead atoms. The average Bonchev–Trinajstić information content (AvgIpc) is 3.14. The van der Waals surface area contributed by atoms with Gasteiger partial charge < -0.3 is 5.32 Å². The van der Waals surface area contributed by atoms with E-state index >= 15 is 0 Å². The van der Waals surface area contributed by atoms with Crippen molar-refractivity contribution in [3.8, 4) is 0 Å². The second kappa shape index (κ2) is 7.44. The Morgan fingerprint density at radius 1 is 1.29 bits per heavy atom. The smallest absolute Gasteiger partial charge is 0.318 e. The van der Waals surface area contributed by atoms with Crippen LogP contribution < -0.4 is 5.32 Å². The predicted octanol–water partition coefficient (Wildman–Crippen LogP) is 4.38. The molecule has 148 valence electrons. The second-order valence-corrected chi connectivity index (χ2v) is 6.50. The maximum absolute atomic E-state index is 13.9. The summed E-state index contributed by atoms with van der Waals surface area (Å²) in [5, 5.41) is 9.00. The number of carbonyl (C=O) groups is 1. The number of nitrogens with zero attached hydrogens (tertiary/aromatic N) is 4. The summed E-state index contributed by atoms with van der Waals surface area (Å²) in [6, 6.07) is 4.23. The van der Waals surface area contributed by atoms with Crippen molar-refractivity contribution in [3.05, 3.63) is 63.4 Å². The van der Waals surface area contributed by atoms with Crippen LogP contribution in [0.3, 0.4) is 0 Å². The van der Waals surface area contributed by atoms with Gasteiger partial charge >= 0.3 is 6.18 Å². The first-order chi connectivity index (χ1) is 13.1. The summed E-state index contributed by atoms with van der Waals surface area (Å²) < 4.78 is 54.5. The number of rotatable bonds is 4. The van der Waals surface area contributed by atoms with Gasteiger partial charge in [-0.05, 0) is 12.1 Å². The molecule has 0 aliphatic heterocycles. The van der Waals surface area contributed by atoms with Gasteiger partial charge in [0, 0.05) is 23.8 Å². The minimum atomic E-state index is -4.79. The minimum Gasteiger partial charge on any atom is -0.318 e. The van der Waals surface area contributed by atoms with Crippen LogP contribution in [0.5, 0.6) is 0 Å². The van der Waals surface area contributed by atoms with Crippen LogP contribution in [0, 0.1) is 5.82 Å². The maximum atomic E-state index is 13.9. The number of anilines is 1. The van der Waals surface area contributed by atoms with Gasteiger partial charge in [0.2, 0.25) is 0 Å². The van der Waals surface area contributed by atoms with Crippen LogP contribution in [-0.2, 0) is 19.8 Å². The van der Waals surface area contributed by atoms with E-state index in [1.807, 2.05) is 0 Å². The molecule has 0 aliphatic rings. The molecule has 3 aromatic rings. The highest BCUT2D eigenvalue weighted by atomic mass is 35.5. The summed E-state index contributed by atoms with van der Waals surface area (Å²) >= 11 is 11.6. The standard InChI is InChI=1S/C16H11Cl2F4N5O/c1-26-13(12(18)14(25-26)16(20,21)22)15(28)24-8-5-23-27(6-8)7-9-10(17)3-2-4-11(9)19/h2-6H,7H2,1H3,(H,24,28). The zero-order chi connectivity index (χ0) is 20.6. The van der Waals surface area contributed by atoms with E-state index in [2.05, 4.69) is 15.5 Å². The molecule has 0 saturated carbocycles. The highest BCUT2D eigenvalue weighted by molar-refractivity contribution is 6.34. The molecule has 3 rings (SSSR count). The third kappa shape index (κ3) is 3.97. The van der Waals surface area contributed by atoms with E-state index in [-0.39, 0.29) is 22.8 Å². The average molecular weight is 436 g/mol. The second-order valence-electron chi connectivity index (χ2n) is 5.71. The Bertz CT molecular complexity index is 1020. The van der Waals surface area contributed by atoms with Gasteiger partial charge in [0.1, 0.15) is 16.5 Å². The van der Waals surface area contributed by atoms with Gasteiger partial charge in [-0.2, -0.15) is 23.4 Å². The molecule has 1 N–H and O–H groups in total. The number of benzene rings is 1. The summed E-state index contributed by atoms with van der Waals surface area (Å²) in [7, 11) is 1.17. The molecule has 1 aromatic carbocycles. The van der Waals surface area contributed by atoms with Crippen molar-refractivity contribution < 1.29 is 22.4 Å². The molecule has 1 amide bonds. The lowest BCUT2D eigenvalue weighted by Crippen LogP contribution is -2.16. The van der Waals surface area contributed by atoms with Crippen LogP contribution in [-0.4, -0.2) is 25.5 Å². The van der Waals surface area contributed by atoms with Crippen molar-refractivity contribution in [2.24, 2.45) is 7.05 Å². The van der Waals surface area contributed by atoms with Crippen molar-refractivity contribution in [2.75, 3.05) is 5.32 Å². The molecule has 0 unspecified atom stereocenters. The molecule has 6 nitrogen and oxygen atoms in total. The Kier molecular flexibility index (Phi) is 5.35. The first kappa shape index (κ1) is 20.2. The van der Waals surface area contributed by atoms with E-state index in [0.29, 0.717) is 0 Å². The Morgan fingerprint density at radius 3 is 2.61 bits per heavy atom. The molecule has 2 heterocycles. The van der Waals surface area contributed by atoms with Crippen LogP contribution in [0.1, 0.15) is 21.7 Å². The fourth-order valence-electron chi connectivity index (χ4n) is 2.48. The molecule has 0 radical (unpaired) electrons. The first-order valence-electron chi connectivity index (χ1n) is 7.64. The number of aryl methyl sites for hydroxylation is 1. The number of aromatic nitrogens is 4. The van der Waals surface area contributed by atoms with Gasteiger partial charge in [0.15, 0.2) is 5.69 Å². The van der Waals surface area contributed by atoms with Gasteiger partial charge in [-0.1, -0.05) is 29.3 Å². The fourth-order valence-corrected chi connectivity index (χ4v) is 3.05. The zero-order valence-electron chi connectivity index (χ0n) is 14.1. The molecular formula is C16H11Cl2F4N5O. The summed E-state index contributed by atoms with van der Waals surface area (Å²) in [5.74, 6) is -1.42. The molecule has 28 heavy (non-hydrogen) atoms. The molecule has 2 aromatic heterocycles. The maximum Gasteiger partial charge on any atom is 0.436 e. The van der Waals surface area contributed by atoms with E-state index < -0.39 is 34.3 Å². The number of alkyl halides is 3. The highest BCUT2D eigenvalue weighted by Gasteiger charge is 2.39. The quantitative estimate of drug-likeness (QED) is 0.618. The van der Waals surface area contributed by atoms with E-state index in [0.717, 1.165) is 4.68 Å². The molecule has 0 atom stereocenters. The largest absolute Gasteiger partial charge is 0.436 e. The molecule has 12 heteroatoms. The third-order valence-corrected chi connectivity index (χ3v) is 4.46. The van der Waals surface area contributed by atoms with Crippen molar-refractivity contribution in [1.82, 2.24) is 19.6 Å². The number of hydrogen-bond acceptors (Lipinski definition) is 3. The van der Waals surface area contributed by atoms with Crippen molar-refractivity contribution in [2.45, 2.75) is 12.7 Å². The lowest BCUT2D eigenvalue weighted by atomic mass is 10.2. The Hall–Kier alpha value is -2.59. The van der Waals surface area contributed by atoms with Crippen molar-refractivity contribution in [3.63, 3.8) is 0 Å². The number of amides is 1. The highest BCUT2D eigenvalue weighted by Crippen LogP contribution is 2.35. The molecule has 0 spiro atoms. The van der Waals surface area contributed by atoms with Crippen molar-refractivity contribution >= 4 is 34.8 Å². The minimum absolute atomic E-state index is 0.00787. The van der Waals surface area contributed by atoms with Crippen LogP contribution in [0.4, 0.5) is 23.2 Å². The molecule has 0 fully saturated rings. The van der Waals surface area contributed by atoms with Gasteiger partial charge in [0.25, 0.3) is 5.91 Å². The van der Waals surface area contributed by atoms with Gasteiger partial charge in [-0.3, -0.25) is 14.2 Å². The predicted molar refractivity (Wildman–Crippen MR) is 93.9 cm³/mol. The number of nitrogens with one attached hydrogen (secondary N) is 1. The number of hydrogen-bond donors (Lipinski definition) is 1. The zero-order valence-corrected chi connectivity index (χ0v) is 15.6. The number of carbonyl (C=O) groups excluding carboxylic acids is 1. The van der Waals surface area contributed by atoms with Crippen LogP contribution in [0.25, 0.3) is 0 Å². The Balaban J connectivity index is 1.79. The fraction of sp³-hybridized carbons (Fsp3) is 0.188. The third-order valence-electron chi connectivity index (χ3n) is 3.75. The first-order valence-corrected chi connectivity index (χ1v) is 8.40. The van der Waals surface area contributed by atoms with Crippen LogP contribution in [0.15, 0.2) is 30.6 Å². The Labute approximate surface area is 165 Å². The molecule has 0 saturated heterocycles. The van der Waals surface area contributed by atoms with E-state index in [4.69, 9.17) is 23.2 Å². The lowest BCUT2D eigenvalue weighted by molar-refractivity contribution is -0.141. The molecule has 0 aliphatic carbocycles.